The summed E-state index contributed by atoms with van der Waals surface area (Å²) in [6.07, 6.45) is 2.99. The van der Waals surface area contributed by atoms with Crippen LogP contribution in [0.5, 0.6) is 0 Å². The van der Waals surface area contributed by atoms with E-state index in [1.807, 2.05) is 0 Å². The predicted octanol–water partition coefficient (Wildman–Crippen LogP) is 2.95. The average molecular weight is 441 g/mol. The molecule has 2 N–H and O–H groups in total. The Kier molecular flexibility index (Phi) is 5.56. The van der Waals surface area contributed by atoms with Gasteiger partial charge in [0, 0.05) is 41.1 Å². The van der Waals surface area contributed by atoms with Crippen LogP contribution in [0.2, 0.25) is 5.02 Å². The highest BCUT2D eigenvalue weighted by molar-refractivity contribution is 6.30. The Hall–Kier alpha value is -3.52. The first-order valence-corrected chi connectivity index (χ1v) is 9.88. The third-order valence-corrected chi connectivity index (χ3v) is 5.45. The number of benzene rings is 2. The van der Waals surface area contributed by atoms with Crippen LogP contribution < -0.4 is 10.6 Å². The molecule has 1 atom stereocenters. The zero-order valence-electron chi connectivity index (χ0n) is 16.5. The lowest BCUT2D eigenvalue weighted by Gasteiger charge is -2.33. The van der Waals surface area contributed by atoms with Crippen molar-refractivity contribution in [3.63, 3.8) is 0 Å². The van der Waals surface area contributed by atoms with Gasteiger partial charge in [-0.25, -0.2) is 4.39 Å². The molecule has 158 valence electrons. The van der Waals surface area contributed by atoms with Crippen LogP contribution in [0.4, 0.5) is 10.1 Å². The number of pyridine rings is 1. The molecule has 1 aliphatic rings. The summed E-state index contributed by atoms with van der Waals surface area (Å²) in [5, 5.41) is 6.88. The topological polar surface area (TPSA) is 91.4 Å². The van der Waals surface area contributed by atoms with E-state index in [0.29, 0.717) is 32.6 Å². The molecule has 3 aromatic rings. The summed E-state index contributed by atoms with van der Waals surface area (Å²) in [4.78, 5) is 43.4. The van der Waals surface area contributed by atoms with Gasteiger partial charge in [-0.05, 0) is 42.0 Å². The number of nitrogens with zero attached hydrogens (tertiary/aromatic N) is 2. The number of carbonyl (C=O) groups is 3. The van der Waals surface area contributed by atoms with E-state index in [1.54, 1.807) is 24.3 Å². The van der Waals surface area contributed by atoms with Crippen LogP contribution in [0, 0.1) is 5.82 Å². The van der Waals surface area contributed by atoms with Crippen molar-refractivity contribution in [3.8, 4) is 0 Å². The van der Waals surface area contributed by atoms with Gasteiger partial charge in [-0.1, -0.05) is 11.6 Å². The number of aromatic nitrogens is 1. The lowest BCUT2D eigenvalue weighted by Crippen LogP contribution is -2.47. The van der Waals surface area contributed by atoms with Crippen molar-refractivity contribution in [3.05, 3.63) is 70.8 Å². The fourth-order valence-electron chi connectivity index (χ4n) is 3.67. The number of nitrogens with one attached hydrogen (secondary N) is 2. The molecule has 4 rings (SSSR count). The van der Waals surface area contributed by atoms with Crippen molar-refractivity contribution >= 4 is 45.8 Å². The van der Waals surface area contributed by atoms with E-state index in [2.05, 4.69) is 15.6 Å². The van der Waals surface area contributed by atoms with Gasteiger partial charge in [0.2, 0.25) is 11.8 Å². The minimum absolute atomic E-state index is 0.0122. The molecule has 0 saturated heterocycles. The molecule has 31 heavy (non-hydrogen) atoms. The zero-order valence-corrected chi connectivity index (χ0v) is 17.2. The van der Waals surface area contributed by atoms with Gasteiger partial charge < -0.3 is 15.5 Å². The molecule has 0 radical (unpaired) electrons. The summed E-state index contributed by atoms with van der Waals surface area (Å²) in [6.45, 7) is -0.158. The molecule has 3 amide bonds. The first-order chi connectivity index (χ1) is 14.9. The lowest BCUT2D eigenvalue weighted by molar-refractivity contribution is -0.122. The maximum absolute atomic E-state index is 13.5. The van der Waals surface area contributed by atoms with Crippen molar-refractivity contribution in [2.24, 2.45) is 0 Å². The molecule has 0 unspecified atom stereocenters. The van der Waals surface area contributed by atoms with Crippen molar-refractivity contribution in [1.29, 1.82) is 0 Å². The van der Waals surface area contributed by atoms with Crippen LogP contribution in [0.3, 0.4) is 0 Å². The van der Waals surface area contributed by atoms with Gasteiger partial charge in [0.1, 0.15) is 5.82 Å². The zero-order chi connectivity index (χ0) is 22.1. The molecular formula is C22H18ClFN4O3. The maximum atomic E-state index is 13.5. The highest BCUT2D eigenvalue weighted by atomic mass is 35.5. The summed E-state index contributed by atoms with van der Waals surface area (Å²) in [5.74, 6) is -2.24. The second-order valence-corrected chi connectivity index (χ2v) is 7.62. The molecule has 2 heterocycles. The van der Waals surface area contributed by atoms with Crippen molar-refractivity contribution in [1.82, 2.24) is 15.2 Å². The van der Waals surface area contributed by atoms with Crippen LogP contribution in [0.25, 0.3) is 10.8 Å². The van der Waals surface area contributed by atoms with Gasteiger partial charge in [0.15, 0.2) is 0 Å². The number of halogens is 2. The minimum atomic E-state index is -0.758. The first kappa shape index (κ1) is 20.7. The van der Waals surface area contributed by atoms with E-state index in [1.165, 1.54) is 36.5 Å². The Balaban J connectivity index is 1.70. The Bertz CT molecular complexity index is 1220. The molecular weight excluding hydrogens is 423 g/mol. The molecule has 9 heteroatoms. The number of hydrogen-bond donors (Lipinski definition) is 2. The summed E-state index contributed by atoms with van der Waals surface area (Å²) in [7, 11) is 1.48. The molecule has 7 nitrogen and oxygen atoms in total. The van der Waals surface area contributed by atoms with Crippen molar-refractivity contribution in [2.75, 3.05) is 25.5 Å². The monoisotopic (exact) mass is 440 g/mol. The van der Waals surface area contributed by atoms with Crippen LogP contribution in [0.1, 0.15) is 21.8 Å². The molecule has 0 bridgehead atoms. The van der Waals surface area contributed by atoms with E-state index in [-0.39, 0.29) is 24.9 Å². The van der Waals surface area contributed by atoms with Crippen molar-refractivity contribution < 1.29 is 18.8 Å². The number of carbonyl (C=O) groups excluding carboxylic acids is 3. The number of anilines is 1. The largest absolute Gasteiger partial charge is 0.358 e. The quantitative estimate of drug-likeness (QED) is 0.652. The van der Waals surface area contributed by atoms with Crippen LogP contribution >= 0.6 is 11.6 Å². The normalized spacial score (nSPS) is 15.5. The Morgan fingerprint density at radius 1 is 1.23 bits per heavy atom. The number of fused-ring (bicyclic) bond motifs is 2. The Morgan fingerprint density at radius 2 is 2.03 bits per heavy atom. The average Bonchev–Trinajstić information content (AvgIpc) is 2.75. The van der Waals surface area contributed by atoms with Crippen LogP contribution in [-0.2, 0) is 9.59 Å². The summed E-state index contributed by atoms with van der Waals surface area (Å²) in [6, 6.07) is 8.91. The van der Waals surface area contributed by atoms with E-state index in [9.17, 15) is 18.8 Å². The first-order valence-electron chi connectivity index (χ1n) is 9.51. The lowest BCUT2D eigenvalue weighted by atomic mass is 9.88. The van der Waals surface area contributed by atoms with Crippen LogP contribution in [0.15, 0.2) is 48.8 Å². The fraction of sp³-hybridized carbons (Fsp3) is 0.182. The standard InChI is InChI=1S/C22H18ClFN4O3/c1-25-20(29)11-28-10-18(17-7-13(23)2-4-16(17)22(28)31)21(30)27-19-9-26-8-12-6-14(24)3-5-15(12)19/h2-9,18H,10-11H2,1H3,(H,25,29)(H,27,30)/t18-/m1/s1. The second kappa shape index (κ2) is 8.31. The van der Waals surface area contributed by atoms with E-state index < -0.39 is 17.6 Å². The molecule has 1 aliphatic heterocycles. The predicted molar refractivity (Wildman–Crippen MR) is 114 cm³/mol. The Morgan fingerprint density at radius 3 is 2.81 bits per heavy atom. The number of amides is 3. The van der Waals surface area contributed by atoms with Gasteiger partial charge in [-0.15, -0.1) is 0 Å². The van der Waals surface area contributed by atoms with Gasteiger partial charge in [-0.2, -0.15) is 0 Å². The molecule has 1 aromatic heterocycles. The van der Waals surface area contributed by atoms with Gasteiger partial charge >= 0.3 is 0 Å². The SMILES string of the molecule is CNC(=O)CN1C[C@@H](C(=O)Nc2cncc3cc(F)ccc23)c2cc(Cl)ccc2C1=O. The number of hydrogen-bond acceptors (Lipinski definition) is 4. The van der Waals surface area contributed by atoms with Crippen LogP contribution in [-0.4, -0.2) is 47.7 Å². The third kappa shape index (κ3) is 4.06. The van der Waals surface area contributed by atoms with Gasteiger partial charge in [-0.3, -0.25) is 19.4 Å². The molecule has 0 fully saturated rings. The van der Waals surface area contributed by atoms with E-state index in [0.717, 1.165) is 0 Å². The minimum Gasteiger partial charge on any atom is -0.358 e. The molecule has 0 saturated carbocycles. The highest BCUT2D eigenvalue weighted by Gasteiger charge is 2.36. The number of rotatable bonds is 4. The highest BCUT2D eigenvalue weighted by Crippen LogP contribution is 2.32. The molecule has 0 aliphatic carbocycles. The summed E-state index contributed by atoms with van der Waals surface area (Å²) < 4.78 is 13.5. The molecule has 2 aromatic carbocycles. The van der Waals surface area contributed by atoms with Gasteiger partial charge in [0.25, 0.3) is 5.91 Å². The third-order valence-electron chi connectivity index (χ3n) is 5.22. The van der Waals surface area contributed by atoms with E-state index >= 15 is 0 Å². The molecule has 0 spiro atoms. The number of likely N-dealkylation sites (N-methyl/N-ethyl adjacent to an activating group) is 1. The Labute approximate surface area is 182 Å². The second-order valence-electron chi connectivity index (χ2n) is 7.18. The fourth-order valence-corrected chi connectivity index (χ4v) is 3.85. The van der Waals surface area contributed by atoms with E-state index in [4.69, 9.17) is 11.6 Å². The summed E-state index contributed by atoms with van der Waals surface area (Å²) in [5.41, 5.74) is 1.22. The smallest absolute Gasteiger partial charge is 0.254 e. The van der Waals surface area contributed by atoms with Crippen molar-refractivity contribution in [2.45, 2.75) is 5.92 Å². The summed E-state index contributed by atoms with van der Waals surface area (Å²) >= 11 is 6.12. The maximum Gasteiger partial charge on any atom is 0.254 e. The van der Waals surface area contributed by atoms with Gasteiger partial charge in [0.05, 0.1) is 24.3 Å².